The van der Waals surface area contributed by atoms with Crippen LogP contribution >= 0.6 is 0 Å². The summed E-state index contributed by atoms with van der Waals surface area (Å²) >= 11 is 0. The topological polar surface area (TPSA) is 15.3 Å². The minimum absolute atomic E-state index is 0.332. The minimum atomic E-state index is -4.66. The molecule has 1 aromatic rings. The standard InChI is InChI=1S/C15H20F4N2/c1-3-20-14-6-7-21(9-10(14)2)11-4-5-13(16)12(8-11)15(17,18)19/h4-5,8,10,14,20H,3,6-7,9H2,1-2H3. The summed E-state index contributed by atoms with van der Waals surface area (Å²) in [5, 5.41) is 3.38. The summed E-state index contributed by atoms with van der Waals surface area (Å²) in [4.78, 5) is 1.90. The zero-order chi connectivity index (χ0) is 15.6. The van der Waals surface area contributed by atoms with Gasteiger partial charge in [0, 0.05) is 24.8 Å². The second-order valence-corrected chi connectivity index (χ2v) is 5.54. The summed E-state index contributed by atoms with van der Waals surface area (Å²) in [5.41, 5.74) is -0.757. The predicted octanol–water partition coefficient (Wildman–Crippen LogP) is 3.67. The van der Waals surface area contributed by atoms with Crippen molar-refractivity contribution in [1.29, 1.82) is 0 Å². The molecule has 1 N–H and O–H groups in total. The van der Waals surface area contributed by atoms with Gasteiger partial charge in [0.1, 0.15) is 5.82 Å². The fourth-order valence-electron chi connectivity index (χ4n) is 2.87. The Bertz CT molecular complexity index is 487. The van der Waals surface area contributed by atoms with Crippen molar-refractivity contribution in [2.24, 2.45) is 5.92 Å². The van der Waals surface area contributed by atoms with Gasteiger partial charge in [-0.05, 0) is 37.1 Å². The lowest BCUT2D eigenvalue weighted by atomic mass is 9.93. The van der Waals surface area contributed by atoms with Crippen LogP contribution in [0.4, 0.5) is 23.2 Å². The van der Waals surface area contributed by atoms with Gasteiger partial charge < -0.3 is 10.2 Å². The lowest BCUT2D eigenvalue weighted by Crippen LogP contribution is -2.48. The SMILES string of the molecule is CCNC1CCN(c2ccc(F)c(C(F)(F)F)c2)CC1C. The van der Waals surface area contributed by atoms with Crippen LogP contribution in [0, 0.1) is 11.7 Å². The third-order valence-electron chi connectivity index (χ3n) is 3.99. The van der Waals surface area contributed by atoms with Crippen LogP contribution in [0.1, 0.15) is 25.8 Å². The lowest BCUT2D eigenvalue weighted by Gasteiger charge is -2.38. The van der Waals surface area contributed by atoms with Gasteiger partial charge in [-0.15, -0.1) is 0 Å². The fraction of sp³-hybridized carbons (Fsp3) is 0.600. The molecule has 0 bridgehead atoms. The van der Waals surface area contributed by atoms with E-state index in [4.69, 9.17) is 0 Å². The number of alkyl halides is 3. The Hall–Kier alpha value is -1.30. The predicted molar refractivity (Wildman–Crippen MR) is 74.9 cm³/mol. The van der Waals surface area contributed by atoms with Crippen LogP contribution in [0.5, 0.6) is 0 Å². The molecule has 1 heterocycles. The summed E-state index contributed by atoms with van der Waals surface area (Å²) in [6.45, 7) is 6.33. The van der Waals surface area contributed by atoms with Crippen LogP contribution in [-0.2, 0) is 6.18 Å². The molecule has 118 valence electrons. The molecule has 2 atom stereocenters. The third kappa shape index (κ3) is 3.67. The van der Waals surface area contributed by atoms with Gasteiger partial charge in [-0.25, -0.2) is 4.39 Å². The molecular weight excluding hydrogens is 284 g/mol. The fourth-order valence-corrected chi connectivity index (χ4v) is 2.87. The number of anilines is 1. The smallest absolute Gasteiger partial charge is 0.371 e. The van der Waals surface area contributed by atoms with E-state index in [1.165, 1.54) is 6.07 Å². The Balaban J connectivity index is 2.17. The van der Waals surface area contributed by atoms with Crippen LogP contribution in [0.25, 0.3) is 0 Å². The van der Waals surface area contributed by atoms with Crippen molar-refractivity contribution < 1.29 is 17.6 Å². The average Bonchev–Trinajstić information content (AvgIpc) is 2.40. The Labute approximate surface area is 122 Å². The first-order valence-electron chi connectivity index (χ1n) is 7.18. The van der Waals surface area contributed by atoms with Gasteiger partial charge in [0.25, 0.3) is 0 Å². The highest BCUT2D eigenvalue weighted by Crippen LogP contribution is 2.34. The normalized spacial score (nSPS) is 23.4. The lowest BCUT2D eigenvalue weighted by molar-refractivity contribution is -0.139. The average molecular weight is 304 g/mol. The second kappa shape index (κ2) is 6.22. The molecule has 0 radical (unpaired) electrons. The summed E-state index contributed by atoms with van der Waals surface area (Å²) in [6, 6.07) is 3.62. The largest absolute Gasteiger partial charge is 0.419 e. The van der Waals surface area contributed by atoms with Crippen LogP contribution in [-0.4, -0.2) is 25.7 Å². The molecule has 1 fully saturated rings. The molecule has 0 amide bonds. The van der Waals surface area contributed by atoms with Gasteiger partial charge in [-0.1, -0.05) is 13.8 Å². The molecular formula is C15H20F4N2. The molecule has 0 aliphatic carbocycles. The number of nitrogens with zero attached hydrogens (tertiary/aromatic N) is 1. The van der Waals surface area contributed by atoms with Gasteiger partial charge in [-0.2, -0.15) is 13.2 Å². The maximum atomic E-state index is 13.3. The van der Waals surface area contributed by atoms with Gasteiger partial charge in [0.15, 0.2) is 0 Å². The van der Waals surface area contributed by atoms with Crippen molar-refractivity contribution in [3.05, 3.63) is 29.6 Å². The van der Waals surface area contributed by atoms with E-state index in [2.05, 4.69) is 12.2 Å². The summed E-state index contributed by atoms with van der Waals surface area (Å²) in [7, 11) is 0. The van der Waals surface area contributed by atoms with E-state index in [1.54, 1.807) is 0 Å². The zero-order valence-corrected chi connectivity index (χ0v) is 12.2. The van der Waals surface area contributed by atoms with Crippen molar-refractivity contribution in [3.8, 4) is 0 Å². The van der Waals surface area contributed by atoms with Crippen LogP contribution in [0.3, 0.4) is 0 Å². The Morgan fingerprint density at radius 3 is 2.62 bits per heavy atom. The van der Waals surface area contributed by atoms with Crippen molar-refractivity contribution in [2.45, 2.75) is 32.5 Å². The molecule has 21 heavy (non-hydrogen) atoms. The van der Waals surface area contributed by atoms with E-state index in [9.17, 15) is 17.6 Å². The van der Waals surface area contributed by atoms with E-state index in [-0.39, 0.29) is 0 Å². The molecule has 0 saturated carbocycles. The monoisotopic (exact) mass is 304 g/mol. The highest BCUT2D eigenvalue weighted by Gasteiger charge is 2.35. The number of rotatable bonds is 3. The number of piperidine rings is 1. The summed E-state index contributed by atoms with van der Waals surface area (Å²) < 4.78 is 51.6. The Kier molecular flexibility index (Phi) is 4.76. The first-order valence-corrected chi connectivity index (χ1v) is 7.18. The molecule has 1 saturated heterocycles. The first kappa shape index (κ1) is 16.1. The molecule has 1 aliphatic rings. The van der Waals surface area contributed by atoms with Crippen molar-refractivity contribution in [1.82, 2.24) is 5.32 Å². The molecule has 2 rings (SSSR count). The van der Waals surface area contributed by atoms with Gasteiger partial charge in [0.2, 0.25) is 0 Å². The van der Waals surface area contributed by atoms with Crippen molar-refractivity contribution in [2.75, 3.05) is 24.5 Å². The van der Waals surface area contributed by atoms with E-state index >= 15 is 0 Å². The molecule has 1 aromatic carbocycles. The highest BCUT2D eigenvalue weighted by molar-refractivity contribution is 5.50. The first-order chi connectivity index (χ1) is 9.82. The van der Waals surface area contributed by atoms with E-state index in [0.717, 1.165) is 25.1 Å². The number of hydrogen-bond donors (Lipinski definition) is 1. The second-order valence-electron chi connectivity index (χ2n) is 5.54. The van der Waals surface area contributed by atoms with E-state index in [0.29, 0.717) is 30.7 Å². The van der Waals surface area contributed by atoms with E-state index in [1.807, 2.05) is 11.8 Å². The van der Waals surface area contributed by atoms with Crippen molar-refractivity contribution in [3.63, 3.8) is 0 Å². The highest BCUT2D eigenvalue weighted by atomic mass is 19.4. The number of benzene rings is 1. The van der Waals surface area contributed by atoms with Crippen LogP contribution in [0.2, 0.25) is 0 Å². The number of hydrogen-bond acceptors (Lipinski definition) is 2. The third-order valence-corrected chi connectivity index (χ3v) is 3.99. The maximum Gasteiger partial charge on any atom is 0.419 e. The Morgan fingerprint density at radius 2 is 2.05 bits per heavy atom. The number of halogens is 4. The summed E-state index contributed by atoms with van der Waals surface area (Å²) in [5.74, 6) is -0.889. The van der Waals surface area contributed by atoms with Gasteiger partial charge >= 0.3 is 6.18 Å². The zero-order valence-electron chi connectivity index (χ0n) is 12.2. The molecule has 0 spiro atoms. The quantitative estimate of drug-likeness (QED) is 0.857. The van der Waals surface area contributed by atoms with E-state index < -0.39 is 17.6 Å². The van der Waals surface area contributed by atoms with Crippen molar-refractivity contribution >= 4 is 5.69 Å². The van der Waals surface area contributed by atoms with Gasteiger partial charge in [-0.3, -0.25) is 0 Å². The molecule has 6 heteroatoms. The minimum Gasteiger partial charge on any atom is -0.371 e. The molecule has 2 unspecified atom stereocenters. The Morgan fingerprint density at radius 1 is 1.33 bits per heavy atom. The molecule has 0 aromatic heterocycles. The molecule has 1 aliphatic heterocycles. The summed E-state index contributed by atoms with van der Waals surface area (Å²) in [6.07, 6.45) is -3.79. The van der Waals surface area contributed by atoms with Crippen LogP contribution < -0.4 is 10.2 Å². The maximum absolute atomic E-state index is 13.3. The van der Waals surface area contributed by atoms with Crippen LogP contribution in [0.15, 0.2) is 18.2 Å². The molecule has 2 nitrogen and oxygen atoms in total. The van der Waals surface area contributed by atoms with Gasteiger partial charge in [0.05, 0.1) is 5.56 Å². The number of nitrogens with one attached hydrogen (secondary N) is 1.